The molecule has 4 atom stereocenters. The van der Waals surface area contributed by atoms with Gasteiger partial charge in [-0.05, 0) is 62.2 Å². The van der Waals surface area contributed by atoms with E-state index in [0.717, 1.165) is 64.2 Å². The van der Waals surface area contributed by atoms with Crippen molar-refractivity contribution < 1.29 is 19.1 Å². The summed E-state index contributed by atoms with van der Waals surface area (Å²) in [5.74, 6) is 2.06. The molecule has 170 valence electrons. The fourth-order valence-corrected chi connectivity index (χ4v) is 4.27. The second kappa shape index (κ2) is 14.4. The van der Waals surface area contributed by atoms with Crippen LogP contribution in [0.25, 0.3) is 0 Å². The highest BCUT2D eigenvalue weighted by Gasteiger charge is 2.20. The molecule has 30 heavy (non-hydrogen) atoms. The molecule has 0 aromatic heterocycles. The number of carbonyl (C=O) groups is 2. The Morgan fingerprint density at radius 3 is 1.40 bits per heavy atom. The zero-order chi connectivity index (χ0) is 21.6. The van der Waals surface area contributed by atoms with E-state index in [9.17, 15) is 9.59 Å². The van der Waals surface area contributed by atoms with Gasteiger partial charge in [0.2, 0.25) is 0 Å². The van der Waals surface area contributed by atoms with E-state index in [1.54, 1.807) is 0 Å². The van der Waals surface area contributed by atoms with Gasteiger partial charge in [0.05, 0.1) is 13.2 Å². The molecule has 0 amide bonds. The lowest BCUT2D eigenvalue weighted by molar-refractivity contribution is -0.146. The third kappa shape index (κ3) is 9.95. The Morgan fingerprint density at radius 2 is 1.00 bits per heavy atom. The molecule has 0 heterocycles. The second-order valence-corrected chi connectivity index (χ2v) is 9.35. The van der Waals surface area contributed by atoms with Crippen LogP contribution >= 0.6 is 0 Å². The molecule has 0 aromatic rings. The number of rotatable bonds is 13. The van der Waals surface area contributed by atoms with Gasteiger partial charge >= 0.3 is 11.9 Å². The van der Waals surface area contributed by atoms with E-state index in [1.165, 1.54) is 0 Å². The van der Waals surface area contributed by atoms with E-state index in [-0.39, 0.29) is 11.9 Å². The van der Waals surface area contributed by atoms with E-state index in [1.807, 2.05) is 0 Å². The summed E-state index contributed by atoms with van der Waals surface area (Å²) in [6.45, 7) is 5.60. The fourth-order valence-electron chi connectivity index (χ4n) is 4.27. The van der Waals surface area contributed by atoms with Crippen molar-refractivity contribution in [1.29, 1.82) is 0 Å². The van der Waals surface area contributed by atoms with Crippen molar-refractivity contribution in [3.05, 3.63) is 24.3 Å². The van der Waals surface area contributed by atoms with E-state index in [4.69, 9.17) is 9.47 Å². The predicted molar refractivity (Wildman–Crippen MR) is 121 cm³/mol. The van der Waals surface area contributed by atoms with E-state index in [0.29, 0.717) is 49.7 Å². The molecule has 4 nitrogen and oxygen atoms in total. The van der Waals surface area contributed by atoms with Gasteiger partial charge in [-0.3, -0.25) is 9.59 Å². The first kappa shape index (κ1) is 24.7. The smallest absolute Gasteiger partial charge is 0.305 e. The van der Waals surface area contributed by atoms with Crippen LogP contribution in [-0.2, 0) is 19.1 Å². The van der Waals surface area contributed by atoms with Crippen molar-refractivity contribution in [3.8, 4) is 0 Å². The number of esters is 2. The maximum atomic E-state index is 11.9. The fraction of sp³-hybridized carbons (Fsp3) is 0.769. The highest BCUT2D eigenvalue weighted by Crippen LogP contribution is 2.26. The minimum atomic E-state index is -0.0535. The molecular formula is C26H42O4. The van der Waals surface area contributed by atoms with Crippen LogP contribution in [0, 0.1) is 23.7 Å². The van der Waals surface area contributed by atoms with Crippen molar-refractivity contribution in [2.75, 3.05) is 13.2 Å². The first-order valence-electron chi connectivity index (χ1n) is 12.2. The maximum absolute atomic E-state index is 11.9. The Balaban J connectivity index is 1.38. The van der Waals surface area contributed by atoms with Crippen molar-refractivity contribution in [1.82, 2.24) is 0 Å². The van der Waals surface area contributed by atoms with Crippen molar-refractivity contribution >= 4 is 11.9 Å². The molecule has 2 rings (SSSR count). The van der Waals surface area contributed by atoms with E-state index >= 15 is 0 Å². The first-order chi connectivity index (χ1) is 14.6. The molecule has 2 aliphatic rings. The molecule has 0 saturated carbocycles. The summed E-state index contributed by atoms with van der Waals surface area (Å²) in [5, 5.41) is 0. The number of ether oxygens (including phenoxy) is 2. The van der Waals surface area contributed by atoms with Gasteiger partial charge in [-0.25, -0.2) is 0 Å². The van der Waals surface area contributed by atoms with Crippen LogP contribution in [0.4, 0.5) is 0 Å². The van der Waals surface area contributed by atoms with E-state index < -0.39 is 0 Å². The summed E-state index contributed by atoms with van der Waals surface area (Å²) >= 11 is 0. The molecule has 2 aliphatic carbocycles. The highest BCUT2D eigenvalue weighted by atomic mass is 16.5. The Hall–Kier alpha value is -1.58. The molecule has 4 heteroatoms. The molecule has 0 bridgehead atoms. The SMILES string of the molecule is CC1CC=CCC1COC(=O)CCCCCCCCC(=O)OCC1CC=CCC1C. The van der Waals surface area contributed by atoms with Gasteiger partial charge < -0.3 is 9.47 Å². The molecule has 4 unspecified atom stereocenters. The zero-order valence-electron chi connectivity index (χ0n) is 19.2. The normalized spacial score (nSPS) is 25.8. The molecule has 0 fully saturated rings. The summed E-state index contributed by atoms with van der Waals surface area (Å²) in [6.07, 6.45) is 20.3. The van der Waals surface area contributed by atoms with Gasteiger partial charge in [0, 0.05) is 12.8 Å². The van der Waals surface area contributed by atoms with Gasteiger partial charge in [0.1, 0.15) is 0 Å². The lowest BCUT2D eigenvalue weighted by atomic mass is 9.85. The minimum Gasteiger partial charge on any atom is -0.465 e. The Kier molecular flexibility index (Phi) is 11.9. The third-order valence-corrected chi connectivity index (χ3v) is 6.76. The summed E-state index contributed by atoms with van der Waals surface area (Å²) in [5.41, 5.74) is 0. The topological polar surface area (TPSA) is 52.6 Å². The molecule has 0 spiro atoms. The van der Waals surface area contributed by atoms with Gasteiger partial charge in [0.25, 0.3) is 0 Å². The lowest BCUT2D eigenvalue weighted by Crippen LogP contribution is -2.21. The Bertz CT molecular complexity index is 515. The molecule has 0 aliphatic heterocycles. The summed E-state index contributed by atoms with van der Waals surface area (Å²) in [6, 6.07) is 0. The van der Waals surface area contributed by atoms with Crippen LogP contribution in [0.1, 0.15) is 90.9 Å². The van der Waals surface area contributed by atoms with Gasteiger partial charge in [-0.1, -0.05) is 63.8 Å². The highest BCUT2D eigenvalue weighted by molar-refractivity contribution is 5.69. The quantitative estimate of drug-likeness (QED) is 0.197. The summed E-state index contributed by atoms with van der Waals surface area (Å²) in [4.78, 5) is 23.8. The van der Waals surface area contributed by atoms with Crippen LogP contribution in [0.15, 0.2) is 24.3 Å². The molecule has 0 radical (unpaired) electrons. The van der Waals surface area contributed by atoms with Crippen molar-refractivity contribution in [2.45, 2.75) is 90.9 Å². The molecular weight excluding hydrogens is 376 g/mol. The number of allylic oxidation sites excluding steroid dienone is 4. The third-order valence-electron chi connectivity index (χ3n) is 6.76. The summed E-state index contributed by atoms with van der Waals surface area (Å²) < 4.78 is 10.9. The predicted octanol–water partition coefficient (Wildman–Crippen LogP) is 6.40. The minimum absolute atomic E-state index is 0.0535. The van der Waals surface area contributed by atoms with Gasteiger partial charge in [0.15, 0.2) is 0 Å². The average Bonchev–Trinajstić information content (AvgIpc) is 2.74. The average molecular weight is 419 g/mol. The first-order valence-corrected chi connectivity index (χ1v) is 12.2. The standard InChI is InChI=1S/C26H42O4/c1-21-13-9-11-15-23(21)19-29-25(27)17-7-5-3-4-6-8-18-26(28)30-20-24-16-12-10-14-22(24)2/h9-12,21-24H,3-8,13-20H2,1-2H3. The number of hydrogen-bond donors (Lipinski definition) is 0. The van der Waals surface area contributed by atoms with Crippen LogP contribution in [0.2, 0.25) is 0 Å². The Labute approximate surface area is 183 Å². The van der Waals surface area contributed by atoms with Gasteiger partial charge in [-0.15, -0.1) is 0 Å². The van der Waals surface area contributed by atoms with Crippen LogP contribution < -0.4 is 0 Å². The molecule has 0 N–H and O–H groups in total. The van der Waals surface area contributed by atoms with Crippen molar-refractivity contribution in [3.63, 3.8) is 0 Å². The Morgan fingerprint density at radius 1 is 0.633 bits per heavy atom. The monoisotopic (exact) mass is 418 g/mol. The second-order valence-electron chi connectivity index (χ2n) is 9.35. The zero-order valence-corrected chi connectivity index (χ0v) is 19.2. The van der Waals surface area contributed by atoms with Crippen LogP contribution in [0.3, 0.4) is 0 Å². The van der Waals surface area contributed by atoms with Crippen LogP contribution in [0.5, 0.6) is 0 Å². The lowest BCUT2D eigenvalue weighted by Gasteiger charge is -2.24. The largest absolute Gasteiger partial charge is 0.465 e. The molecule has 0 saturated heterocycles. The van der Waals surface area contributed by atoms with E-state index in [2.05, 4.69) is 38.2 Å². The maximum Gasteiger partial charge on any atom is 0.305 e. The molecule has 0 aromatic carbocycles. The van der Waals surface area contributed by atoms with Crippen molar-refractivity contribution in [2.24, 2.45) is 23.7 Å². The number of unbranched alkanes of at least 4 members (excludes halogenated alkanes) is 5. The van der Waals surface area contributed by atoms with Gasteiger partial charge in [-0.2, -0.15) is 0 Å². The number of carbonyl (C=O) groups excluding carboxylic acids is 2. The van der Waals surface area contributed by atoms with Crippen LogP contribution in [-0.4, -0.2) is 25.2 Å². The summed E-state index contributed by atoms with van der Waals surface area (Å²) in [7, 11) is 0. The number of hydrogen-bond acceptors (Lipinski definition) is 4.